The molecular formula is C63H55N. The molecule has 8 aromatic rings. The van der Waals surface area contributed by atoms with Crippen molar-refractivity contribution < 1.29 is 0 Å². The molecule has 3 aliphatic carbocycles. The average Bonchev–Trinajstić information content (AvgIpc) is 3.78. The van der Waals surface area contributed by atoms with Crippen LogP contribution in [0.15, 0.2) is 170 Å². The molecule has 0 bridgehead atoms. The molecule has 0 heterocycles. The molecule has 1 heteroatoms. The minimum atomic E-state index is -0.177. The topological polar surface area (TPSA) is 3.24 Å². The molecule has 0 aromatic heterocycles. The Balaban J connectivity index is 0.893. The zero-order chi connectivity index (χ0) is 44.1. The SMILES string of the molecule is C/C=C/c1ccc2c(c1)C(C)(C)c1cc(/C=C/c3ccc4c(c3)C(C)(C)c3cc(N(c5ccc(C)cc5)c5ccc(-c6ccc7c(c6)C(C)(C)c6ccccc6-7)cc5)ccc3-4)ccc1-2. The molecule has 3 aliphatic rings. The minimum absolute atomic E-state index is 0.0328. The number of hydrogen-bond donors (Lipinski definition) is 0. The number of rotatable bonds is 7. The number of allylic oxidation sites excluding steroid dienone is 1. The van der Waals surface area contributed by atoms with Crippen molar-refractivity contribution in [3.8, 4) is 44.5 Å². The zero-order valence-corrected chi connectivity index (χ0v) is 38.3. The molecule has 0 spiro atoms. The van der Waals surface area contributed by atoms with E-state index in [1.54, 1.807) is 0 Å². The number of aryl methyl sites for hydroxylation is 1. The predicted molar refractivity (Wildman–Crippen MR) is 274 cm³/mol. The third-order valence-corrected chi connectivity index (χ3v) is 14.8. The summed E-state index contributed by atoms with van der Waals surface area (Å²) in [5.74, 6) is 0. The smallest absolute Gasteiger partial charge is 0.0465 e. The quantitative estimate of drug-likeness (QED) is 0.145. The molecule has 0 saturated heterocycles. The lowest BCUT2D eigenvalue weighted by atomic mass is 9.81. The molecule has 0 N–H and O–H groups in total. The Kier molecular flexibility index (Phi) is 9.06. The summed E-state index contributed by atoms with van der Waals surface area (Å²) in [4.78, 5) is 2.41. The van der Waals surface area contributed by atoms with Crippen molar-refractivity contribution in [1.29, 1.82) is 0 Å². The first-order valence-electron chi connectivity index (χ1n) is 22.9. The Hall–Kier alpha value is -6.96. The first-order valence-corrected chi connectivity index (χ1v) is 22.9. The number of hydrogen-bond acceptors (Lipinski definition) is 1. The van der Waals surface area contributed by atoms with Crippen LogP contribution in [0.3, 0.4) is 0 Å². The molecule has 0 unspecified atom stereocenters. The predicted octanol–water partition coefficient (Wildman–Crippen LogP) is 17.3. The Labute approximate surface area is 380 Å². The van der Waals surface area contributed by atoms with Gasteiger partial charge in [-0.15, -0.1) is 0 Å². The zero-order valence-electron chi connectivity index (χ0n) is 38.3. The fourth-order valence-corrected chi connectivity index (χ4v) is 11.2. The Morgan fingerprint density at radius 1 is 0.344 bits per heavy atom. The van der Waals surface area contributed by atoms with Gasteiger partial charge in [0.2, 0.25) is 0 Å². The third-order valence-electron chi connectivity index (χ3n) is 14.8. The highest BCUT2D eigenvalue weighted by molar-refractivity contribution is 5.89. The van der Waals surface area contributed by atoms with E-state index in [0.29, 0.717) is 0 Å². The van der Waals surface area contributed by atoms with E-state index in [2.05, 4.69) is 248 Å². The molecule has 0 fully saturated rings. The van der Waals surface area contributed by atoms with E-state index in [4.69, 9.17) is 0 Å². The maximum Gasteiger partial charge on any atom is 0.0465 e. The van der Waals surface area contributed by atoms with Gasteiger partial charge < -0.3 is 4.90 Å². The first-order chi connectivity index (χ1) is 30.8. The fourth-order valence-electron chi connectivity index (χ4n) is 11.2. The summed E-state index contributed by atoms with van der Waals surface area (Å²) in [7, 11) is 0. The van der Waals surface area contributed by atoms with Crippen molar-refractivity contribution in [3.05, 3.63) is 226 Å². The van der Waals surface area contributed by atoms with Gasteiger partial charge in [0.25, 0.3) is 0 Å². The molecule has 0 saturated carbocycles. The van der Waals surface area contributed by atoms with Gasteiger partial charge in [-0.2, -0.15) is 0 Å². The van der Waals surface area contributed by atoms with Crippen LogP contribution in [0.5, 0.6) is 0 Å². The van der Waals surface area contributed by atoms with Crippen molar-refractivity contribution in [3.63, 3.8) is 0 Å². The second kappa shape index (κ2) is 14.5. The van der Waals surface area contributed by atoms with Crippen LogP contribution in [-0.4, -0.2) is 0 Å². The van der Waals surface area contributed by atoms with E-state index < -0.39 is 0 Å². The van der Waals surface area contributed by atoms with Gasteiger partial charge in [0.15, 0.2) is 0 Å². The van der Waals surface area contributed by atoms with E-state index >= 15 is 0 Å². The maximum absolute atomic E-state index is 2.44. The van der Waals surface area contributed by atoms with Gasteiger partial charge in [0, 0.05) is 33.3 Å². The molecule has 0 aliphatic heterocycles. The maximum atomic E-state index is 2.44. The van der Waals surface area contributed by atoms with E-state index in [9.17, 15) is 0 Å². The van der Waals surface area contributed by atoms with Crippen LogP contribution < -0.4 is 4.90 Å². The highest BCUT2D eigenvalue weighted by Gasteiger charge is 2.38. The molecule has 312 valence electrons. The van der Waals surface area contributed by atoms with E-state index in [0.717, 1.165) is 17.1 Å². The van der Waals surface area contributed by atoms with Crippen LogP contribution in [0.1, 0.15) is 104 Å². The van der Waals surface area contributed by atoms with Crippen LogP contribution in [-0.2, 0) is 16.2 Å². The van der Waals surface area contributed by atoms with E-state index in [1.807, 2.05) is 0 Å². The highest BCUT2D eigenvalue weighted by atomic mass is 15.1. The monoisotopic (exact) mass is 825 g/mol. The molecule has 0 amide bonds. The second-order valence-electron chi connectivity index (χ2n) is 19.9. The van der Waals surface area contributed by atoms with Gasteiger partial charge >= 0.3 is 0 Å². The Bertz CT molecular complexity index is 3240. The Morgan fingerprint density at radius 3 is 1.28 bits per heavy atom. The number of anilines is 3. The van der Waals surface area contributed by atoms with Crippen LogP contribution >= 0.6 is 0 Å². The van der Waals surface area contributed by atoms with Gasteiger partial charge in [-0.1, -0.05) is 193 Å². The fraction of sp³-hybridized carbons (Fsp3) is 0.175. The number of fused-ring (bicyclic) bond motifs is 9. The summed E-state index contributed by atoms with van der Waals surface area (Å²) in [5, 5.41) is 0. The first kappa shape index (κ1) is 39.9. The van der Waals surface area contributed by atoms with E-state index in [1.165, 1.54) is 100 Å². The second-order valence-corrected chi connectivity index (χ2v) is 19.9. The lowest BCUT2D eigenvalue weighted by molar-refractivity contribution is 0.660. The van der Waals surface area contributed by atoms with Gasteiger partial charge in [-0.25, -0.2) is 0 Å². The number of benzene rings is 8. The van der Waals surface area contributed by atoms with Crippen molar-refractivity contribution in [2.75, 3.05) is 4.90 Å². The van der Waals surface area contributed by atoms with Crippen LogP contribution in [0.25, 0.3) is 62.7 Å². The summed E-state index contributed by atoms with van der Waals surface area (Å²) in [5.41, 5.74) is 27.0. The molecule has 0 atom stereocenters. The van der Waals surface area contributed by atoms with Crippen molar-refractivity contribution in [2.24, 2.45) is 0 Å². The normalized spacial score (nSPS) is 15.4. The summed E-state index contributed by atoms with van der Waals surface area (Å²) < 4.78 is 0. The lowest BCUT2D eigenvalue weighted by Gasteiger charge is -2.28. The van der Waals surface area contributed by atoms with Gasteiger partial charge in [0.1, 0.15) is 0 Å². The standard InChI is InChI=1S/C63H55N/c1-9-12-41-19-30-50-51-31-20-42(36-57(51)62(5,6)56(50)35-41)17-18-43-21-32-52-54-34-29-48(39-60(54)63(7,8)58(52)37-43)64(46-25-15-40(2)16-26-46)47-27-22-44(23-28-47)45-24-33-53-49-13-10-11-14-55(49)61(3,4)59(53)38-45/h9-39H,1-8H3/b12-9+,18-17+. The summed E-state index contributed by atoms with van der Waals surface area (Å²) in [6, 6.07) is 62.0. The summed E-state index contributed by atoms with van der Waals surface area (Å²) in [6.07, 6.45) is 8.88. The summed E-state index contributed by atoms with van der Waals surface area (Å²) in [6.45, 7) is 18.4. The van der Waals surface area contributed by atoms with Crippen molar-refractivity contribution in [1.82, 2.24) is 0 Å². The molecule has 0 radical (unpaired) electrons. The Morgan fingerprint density at radius 2 is 0.734 bits per heavy atom. The van der Waals surface area contributed by atoms with Crippen LogP contribution in [0.4, 0.5) is 17.1 Å². The molecule has 64 heavy (non-hydrogen) atoms. The van der Waals surface area contributed by atoms with Crippen molar-refractivity contribution >= 4 is 35.3 Å². The third kappa shape index (κ3) is 6.20. The molecule has 8 aromatic carbocycles. The molecular weight excluding hydrogens is 771 g/mol. The molecule has 11 rings (SSSR count). The van der Waals surface area contributed by atoms with E-state index in [-0.39, 0.29) is 16.2 Å². The lowest BCUT2D eigenvalue weighted by Crippen LogP contribution is -2.16. The van der Waals surface area contributed by atoms with Gasteiger partial charge in [0.05, 0.1) is 0 Å². The largest absolute Gasteiger partial charge is 0.310 e. The number of nitrogens with zero attached hydrogens (tertiary/aromatic N) is 1. The van der Waals surface area contributed by atoms with Crippen molar-refractivity contribution in [2.45, 2.75) is 71.6 Å². The molecule has 1 nitrogen and oxygen atoms in total. The highest BCUT2D eigenvalue weighted by Crippen LogP contribution is 2.53. The minimum Gasteiger partial charge on any atom is -0.310 e. The van der Waals surface area contributed by atoms with Crippen LogP contribution in [0.2, 0.25) is 0 Å². The summed E-state index contributed by atoms with van der Waals surface area (Å²) >= 11 is 0. The van der Waals surface area contributed by atoms with Gasteiger partial charge in [-0.3, -0.25) is 0 Å². The van der Waals surface area contributed by atoms with Crippen LogP contribution in [0, 0.1) is 6.92 Å². The average molecular weight is 826 g/mol. The van der Waals surface area contributed by atoms with Gasteiger partial charge in [-0.05, 0) is 151 Å².